The van der Waals surface area contributed by atoms with Gasteiger partial charge in [0.2, 0.25) is 0 Å². The van der Waals surface area contributed by atoms with Crippen LogP contribution >= 0.6 is 22.9 Å². The molecule has 0 spiro atoms. The first-order valence-corrected chi connectivity index (χ1v) is 6.81. The SMILES string of the molecule is COCCOCc1nc(Cl)c2c(C)c(C)sc2n1. The van der Waals surface area contributed by atoms with Crippen LogP contribution in [0.25, 0.3) is 10.2 Å². The number of thiophene rings is 1. The number of rotatable bonds is 5. The monoisotopic (exact) mass is 286 g/mol. The summed E-state index contributed by atoms with van der Waals surface area (Å²) in [6.07, 6.45) is 0. The minimum absolute atomic E-state index is 0.356. The van der Waals surface area contributed by atoms with E-state index in [9.17, 15) is 0 Å². The van der Waals surface area contributed by atoms with E-state index in [-0.39, 0.29) is 0 Å². The number of hydrogen-bond donors (Lipinski definition) is 0. The average Bonchev–Trinajstić information content (AvgIpc) is 2.61. The summed E-state index contributed by atoms with van der Waals surface area (Å²) >= 11 is 7.83. The highest BCUT2D eigenvalue weighted by atomic mass is 35.5. The van der Waals surface area contributed by atoms with Crippen molar-refractivity contribution in [1.82, 2.24) is 9.97 Å². The topological polar surface area (TPSA) is 44.2 Å². The van der Waals surface area contributed by atoms with Gasteiger partial charge in [0.1, 0.15) is 16.6 Å². The third kappa shape index (κ3) is 2.80. The van der Waals surface area contributed by atoms with Crippen molar-refractivity contribution in [3.8, 4) is 0 Å². The first-order chi connectivity index (χ1) is 8.63. The van der Waals surface area contributed by atoms with Crippen molar-refractivity contribution in [2.45, 2.75) is 20.5 Å². The van der Waals surface area contributed by atoms with Crippen molar-refractivity contribution in [1.29, 1.82) is 0 Å². The predicted octanol–water partition coefficient (Wildman–Crippen LogP) is 3.12. The lowest BCUT2D eigenvalue weighted by molar-refractivity contribution is 0.0587. The molecule has 0 aliphatic heterocycles. The Balaban J connectivity index is 2.21. The van der Waals surface area contributed by atoms with Crippen LogP contribution in [-0.4, -0.2) is 30.3 Å². The second-order valence-electron chi connectivity index (χ2n) is 3.94. The summed E-state index contributed by atoms with van der Waals surface area (Å²) in [6, 6.07) is 0. The molecule has 0 unspecified atom stereocenters. The molecule has 0 aromatic carbocycles. The average molecular weight is 287 g/mol. The van der Waals surface area contributed by atoms with Gasteiger partial charge in [0.15, 0.2) is 5.82 Å². The van der Waals surface area contributed by atoms with Gasteiger partial charge in [-0.25, -0.2) is 9.97 Å². The zero-order valence-corrected chi connectivity index (χ0v) is 12.2. The molecule has 2 heterocycles. The van der Waals surface area contributed by atoms with Crippen LogP contribution in [0.5, 0.6) is 0 Å². The van der Waals surface area contributed by atoms with Gasteiger partial charge in [-0.1, -0.05) is 11.6 Å². The van der Waals surface area contributed by atoms with Gasteiger partial charge >= 0.3 is 0 Å². The highest BCUT2D eigenvalue weighted by Gasteiger charge is 2.13. The Morgan fingerprint density at radius 3 is 2.72 bits per heavy atom. The van der Waals surface area contributed by atoms with Gasteiger partial charge in [-0.3, -0.25) is 0 Å². The maximum atomic E-state index is 6.20. The fraction of sp³-hybridized carbons (Fsp3) is 0.500. The lowest BCUT2D eigenvalue weighted by Gasteiger charge is -2.03. The Morgan fingerprint density at radius 2 is 2.00 bits per heavy atom. The Labute approximate surface area is 115 Å². The van der Waals surface area contributed by atoms with E-state index in [4.69, 9.17) is 21.1 Å². The smallest absolute Gasteiger partial charge is 0.157 e. The normalized spacial score (nSPS) is 11.3. The van der Waals surface area contributed by atoms with E-state index in [1.807, 2.05) is 6.92 Å². The zero-order valence-electron chi connectivity index (χ0n) is 10.6. The lowest BCUT2D eigenvalue weighted by Crippen LogP contribution is -2.04. The van der Waals surface area contributed by atoms with Crippen LogP contribution in [0.1, 0.15) is 16.3 Å². The summed E-state index contributed by atoms with van der Waals surface area (Å²) in [5.41, 5.74) is 1.16. The molecule has 18 heavy (non-hydrogen) atoms. The van der Waals surface area contributed by atoms with Gasteiger partial charge in [-0.15, -0.1) is 11.3 Å². The number of ether oxygens (including phenoxy) is 2. The highest BCUT2D eigenvalue weighted by Crippen LogP contribution is 2.32. The number of halogens is 1. The maximum absolute atomic E-state index is 6.20. The number of aromatic nitrogens is 2. The largest absolute Gasteiger partial charge is 0.382 e. The van der Waals surface area contributed by atoms with E-state index in [2.05, 4.69) is 16.9 Å². The van der Waals surface area contributed by atoms with Crippen molar-refractivity contribution in [3.05, 3.63) is 21.4 Å². The molecule has 0 radical (unpaired) electrons. The van der Waals surface area contributed by atoms with E-state index < -0.39 is 0 Å². The molecule has 0 amide bonds. The second-order valence-corrected chi connectivity index (χ2v) is 5.50. The molecule has 98 valence electrons. The fourth-order valence-electron chi connectivity index (χ4n) is 1.61. The van der Waals surface area contributed by atoms with Crippen molar-refractivity contribution >= 4 is 33.2 Å². The number of fused-ring (bicyclic) bond motifs is 1. The van der Waals surface area contributed by atoms with Crippen LogP contribution in [0.2, 0.25) is 5.15 Å². The van der Waals surface area contributed by atoms with Gasteiger partial charge < -0.3 is 9.47 Å². The van der Waals surface area contributed by atoms with Gasteiger partial charge in [-0.2, -0.15) is 0 Å². The van der Waals surface area contributed by atoms with E-state index in [1.54, 1.807) is 18.4 Å². The minimum Gasteiger partial charge on any atom is -0.382 e. The number of nitrogens with zero attached hydrogens (tertiary/aromatic N) is 2. The number of methoxy groups -OCH3 is 1. The maximum Gasteiger partial charge on any atom is 0.157 e. The first kappa shape index (κ1) is 13.7. The molecular formula is C12H15ClN2O2S. The molecule has 0 fully saturated rings. The molecule has 2 aromatic heterocycles. The summed E-state index contributed by atoms with van der Waals surface area (Å²) in [4.78, 5) is 10.9. The summed E-state index contributed by atoms with van der Waals surface area (Å²) < 4.78 is 10.3. The summed E-state index contributed by atoms with van der Waals surface area (Å²) in [6.45, 7) is 5.55. The molecule has 4 nitrogen and oxygen atoms in total. The molecule has 2 rings (SSSR count). The van der Waals surface area contributed by atoms with Crippen molar-refractivity contribution < 1.29 is 9.47 Å². The van der Waals surface area contributed by atoms with Crippen molar-refractivity contribution in [2.75, 3.05) is 20.3 Å². The molecule has 0 saturated heterocycles. The van der Waals surface area contributed by atoms with Gasteiger partial charge in [-0.05, 0) is 19.4 Å². The molecule has 6 heteroatoms. The fourth-order valence-corrected chi connectivity index (χ4v) is 3.05. The standard InChI is InChI=1S/C12H15ClN2O2S/c1-7-8(2)18-12-10(7)11(13)14-9(15-12)6-17-5-4-16-3/h4-6H2,1-3H3. The molecular weight excluding hydrogens is 272 g/mol. The van der Waals surface area contributed by atoms with Gasteiger partial charge in [0.25, 0.3) is 0 Å². The van der Waals surface area contributed by atoms with Gasteiger partial charge in [0.05, 0.1) is 18.6 Å². The summed E-state index contributed by atoms with van der Waals surface area (Å²) in [7, 11) is 1.64. The third-order valence-electron chi connectivity index (χ3n) is 2.69. The highest BCUT2D eigenvalue weighted by molar-refractivity contribution is 7.18. The number of aryl methyl sites for hydroxylation is 2. The molecule has 0 atom stereocenters. The molecule has 2 aromatic rings. The quantitative estimate of drug-likeness (QED) is 0.626. The van der Waals surface area contributed by atoms with Crippen molar-refractivity contribution in [3.63, 3.8) is 0 Å². The summed E-state index contributed by atoms with van der Waals surface area (Å²) in [5, 5.41) is 1.46. The Bertz CT molecular complexity index is 556. The number of hydrogen-bond acceptors (Lipinski definition) is 5. The van der Waals surface area contributed by atoms with E-state index in [0.717, 1.165) is 15.8 Å². The Kier molecular flexibility index (Phi) is 4.50. The van der Waals surface area contributed by atoms with Crippen LogP contribution in [0, 0.1) is 13.8 Å². The molecule has 0 aliphatic carbocycles. The zero-order chi connectivity index (χ0) is 13.1. The Morgan fingerprint density at radius 1 is 1.22 bits per heavy atom. The van der Waals surface area contributed by atoms with Crippen LogP contribution in [0.4, 0.5) is 0 Å². The second kappa shape index (κ2) is 5.93. The van der Waals surface area contributed by atoms with Crippen LogP contribution in [0.15, 0.2) is 0 Å². The predicted molar refractivity (Wildman–Crippen MR) is 73.4 cm³/mol. The third-order valence-corrected chi connectivity index (χ3v) is 4.07. The Hall–Kier alpha value is -0.750. The first-order valence-electron chi connectivity index (χ1n) is 5.62. The van der Waals surface area contributed by atoms with E-state index >= 15 is 0 Å². The van der Waals surface area contributed by atoms with Crippen LogP contribution in [-0.2, 0) is 16.1 Å². The minimum atomic E-state index is 0.356. The summed E-state index contributed by atoms with van der Waals surface area (Å²) in [5.74, 6) is 0.616. The molecule has 0 N–H and O–H groups in total. The van der Waals surface area contributed by atoms with Crippen LogP contribution in [0.3, 0.4) is 0 Å². The van der Waals surface area contributed by atoms with E-state index in [1.165, 1.54) is 4.88 Å². The van der Waals surface area contributed by atoms with Gasteiger partial charge in [0, 0.05) is 12.0 Å². The molecule has 0 bridgehead atoms. The van der Waals surface area contributed by atoms with Crippen LogP contribution < -0.4 is 0 Å². The van der Waals surface area contributed by atoms with E-state index in [0.29, 0.717) is 30.8 Å². The lowest BCUT2D eigenvalue weighted by atomic mass is 10.2. The van der Waals surface area contributed by atoms with Crippen molar-refractivity contribution in [2.24, 2.45) is 0 Å². The molecule has 0 saturated carbocycles. The molecule has 0 aliphatic rings.